The number of amides is 1. The highest BCUT2D eigenvalue weighted by Gasteiger charge is 2.08. The van der Waals surface area contributed by atoms with E-state index in [-0.39, 0.29) is 12.5 Å². The smallest absolute Gasteiger partial charge is 0.262 e. The van der Waals surface area contributed by atoms with Crippen molar-refractivity contribution >= 4 is 46.1 Å². The maximum absolute atomic E-state index is 12.0. The van der Waals surface area contributed by atoms with E-state index >= 15 is 0 Å². The van der Waals surface area contributed by atoms with E-state index in [1.807, 2.05) is 36.6 Å². The van der Waals surface area contributed by atoms with Gasteiger partial charge in [0, 0.05) is 21.7 Å². The number of carbonyl (C=O) groups is 1. The van der Waals surface area contributed by atoms with E-state index in [1.165, 1.54) is 0 Å². The number of carbonyl (C=O) groups excluding carboxylic acids is 1. The van der Waals surface area contributed by atoms with Crippen LogP contribution in [0.4, 0.5) is 5.69 Å². The molecule has 1 amide bonds. The second-order valence-electron chi connectivity index (χ2n) is 5.24. The van der Waals surface area contributed by atoms with Crippen LogP contribution in [0.15, 0.2) is 47.8 Å². The molecule has 3 rings (SSSR count). The van der Waals surface area contributed by atoms with Gasteiger partial charge in [-0.3, -0.25) is 4.79 Å². The van der Waals surface area contributed by atoms with Gasteiger partial charge < -0.3 is 10.1 Å². The number of aromatic nitrogens is 1. The molecule has 7 heteroatoms. The molecule has 0 aliphatic carbocycles. The van der Waals surface area contributed by atoms with Gasteiger partial charge in [0.25, 0.3) is 5.91 Å². The zero-order valence-corrected chi connectivity index (χ0v) is 15.6. The molecule has 25 heavy (non-hydrogen) atoms. The Labute approximate surface area is 159 Å². The molecule has 2 aromatic carbocycles. The van der Waals surface area contributed by atoms with E-state index in [9.17, 15) is 4.79 Å². The predicted molar refractivity (Wildman–Crippen MR) is 103 cm³/mol. The van der Waals surface area contributed by atoms with Crippen LogP contribution in [0, 0.1) is 6.92 Å². The van der Waals surface area contributed by atoms with Gasteiger partial charge in [0.2, 0.25) is 0 Å². The van der Waals surface area contributed by atoms with E-state index in [2.05, 4.69) is 10.3 Å². The normalized spacial score (nSPS) is 10.5. The van der Waals surface area contributed by atoms with Gasteiger partial charge in [-0.05, 0) is 37.3 Å². The summed E-state index contributed by atoms with van der Waals surface area (Å²) in [7, 11) is 0. The summed E-state index contributed by atoms with van der Waals surface area (Å²) < 4.78 is 5.41. The molecule has 0 saturated carbocycles. The molecule has 0 unspecified atom stereocenters. The van der Waals surface area contributed by atoms with Gasteiger partial charge in [-0.15, -0.1) is 11.3 Å². The molecule has 1 aromatic heterocycles. The third kappa shape index (κ3) is 4.72. The second kappa shape index (κ2) is 7.87. The van der Waals surface area contributed by atoms with Crippen molar-refractivity contribution in [1.29, 1.82) is 0 Å². The average Bonchev–Trinajstić information content (AvgIpc) is 3.01. The van der Waals surface area contributed by atoms with Crippen LogP contribution in [0.5, 0.6) is 5.75 Å². The first-order chi connectivity index (χ1) is 12.0. The molecular weight excluding hydrogens is 379 g/mol. The molecule has 0 aliphatic heterocycles. The molecule has 0 spiro atoms. The quantitative estimate of drug-likeness (QED) is 0.628. The molecule has 0 atom stereocenters. The first-order valence-corrected chi connectivity index (χ1v) is 9.05. The number of thiazole rings is 1. The van der Waals surface area contributed by atoms with Crippen LogP contribution in [0.25, 0.3) is 11.3 Å². The molecule has 3 aromatic rings. The van der Waals surface area contributed by atoms with Crippen LogP contribution in [0.3, 0.4) is 0 Å². The number of ether oxygens (including phenoxy) is 1. The SMILES string of the molecule is Cc1nc(-c2ccc(NC(=O)COc3ccc(Cl)cc3Cl)cc2)cs1. The monoisotopic (exact) mass is 392 g/mol. The van der Waals surface area contributed by atoms with Gasteiger partial charge in [0.1, 0.15) is 5.75 Å². The summed E-state index contributed by atoms with van der Waals surface area (Å²) in [6.07, 6.45) is 0. The van der Waals surface area contributed by atoms with Gasteiger partial charge in [0.15, 0.2) is 6.61 Å². The summed E-state index contributed by atoms with van der Waals surface area (Å²) in [6.45, 7) is 1.82. The van der Waals surface area contributed by atoms with E-state index in [1.54, 1.807) is 29.5 Å². The Morgan fingerprint density at radius 2 is 1.96 bits per heavy atom. The third-order valence-electron chi connectivity index (χ3n) is 3.34. The Bertz CT molecular complexity index is 894. The van der Waals surface area contributed by atoms with E-state index in [0.29, 0.717) is 21.5 Å². The number of aryl methyl sites for hydroxylation is 1. The fourth-order valence-electron chi connectivity index (χ4n) is 2.15. The average molecular weight is 393 g/mol. The van der Waals surface area contributed by atoms with Crippen molar-refractivity contribution in [3.05, 3.63) is 62.9 Å². The number of halogens is 2. The minimum Gasteiger partial charge on any atom is -0.482 e. The Kier molecular flexibility index (Phi) is 5.58. The van der Waals surface area contributed by atoms with Gasteiger partial charge >= 0.3 is 0 Å². The van der Waals surface area contributed by atoms with Crippen molar-refractivity contribution in [2.24, 2.45) is 0 Å². The van der Waals surface area contributed by atoms with Gasteiger partial charge in [0.05, 0.1) is 15.7 Å². The molecule has 4 nitrogen and oxygen atoms in total. The van der Waals surface area contributed by atoms with Gasteiger partial charge in [-0.25, -0.2) is 4.98 Å². The van der Waals surface area contributed by atoms with Crippen molar-refractivity contribution in [1.82, 2.24) is 4.98 Å². The fraction of sp³-hybridized carbons (Fsp3) is 0.111. The molecule has 0 aliphatic rings. The summed E-state index contributed by atoms with van der Waals surface area (Å²) in [6, 6.07) is 12.3. The lowest BCUT2D eigenvalue weighted by molar-refractivity contribution is -0.118. The molecular formula is C18H14Cl2N2O2S. The van der Waals surface area contributed by atoms with Crippen molar-refractivity contribution in [3.8, 4) is 17.0 Å². The lowest BCUT2D eigenvalue weighted by atomic mass is 10.1. The number of hydrogen-bond acceptors (Lipinski definition) is 4. The highest BCUT2D eigenvalue weighted by Crippen LogP contribution is 2.27. The summed E-state index contributed by atoms with van der Waals surface area (Å²) in [5.74, 6) is 0.138. The van der Waals surface area contributed by atoms with E-state index in [4.69, 9.17) is 27.9 Å². The second-order valence-corrected chi connectivity index (χ2v) is 7.15. The topological polar surface area (TPSA) is 51.2 Å². The number of anilines is 1. The summed E-state index contributed by atoms with van der Waals surface area (Å²) in [5, 5.41) is 6.68. The van der Waals surface area contributed by atoms with Crippen LogP contribution in [-0.4, -0.2) is 17.5 Å². The van der Waals surface area contributed by atoms with Crippen LogP contribution in [0.2, 0.25) is 10.0 Å². The van der Waals surface area contributed by atoms with E-state index in [0.717, 1.165) is 16.3 Å². The van der Waals surface area contributed by atoms with Crippen molar-refractivity contribution in [2.75, 3.05) is 11.9 Å². The molecule has 0 saturated heterocycles. The lowest BCUT2D eigenvalue weighted by Gasteiger charge is -2.09. The zero-order valence-electron chi connectivity index (χ0n) is 13.3. The predicted octanol–water partition coefficient (Wildman–Crippen LogP) is 5.44. The standard InChI is InChI=1S/C18H14Cl2N2O2S/c1-11-21-16(10-25-11)12-2-5-14(6-3-12)22-18(23)9-24-17-7-4-13(19)8-15(17)20/h2-8,10H,9H2,1H3,(H,22,23). The first kappa shape index (κ1) is 17.7. The van der Waals surface area contributed by atoms with Crippen molar-refractivity contribution < 1.29 is 9.53 Å². The number of rotatable bonds is 5. The molecule has 128 valence electrons. The molecule has 0 fully saturated rings. The lowest BCUT2D eigenvalue weighted by Crippen LogP contribution is -2.20. The summed E-state index contributed by atoms with van der Waals surface area (Å²) in [4.78, 5) is 16.4. The summed E-state index contributed by atoms with van der Waals surface area (Å²) >= 11 is 13.4. The number of hydrogen-bond donors (Lipinski definition) is 1. The van der Waals surface area contributed by atoms with Crippen molar-refractivity contribution in [2.45, 2.75) is 6.92 Å². The Balaban J connectivity index is 1.57. The van der Waals surface area contributed by atoms with Crippen LogP contribution >= 0.6 is 34.5 Å². The Morgan fingerprint density at radius 3 is 2.60 bits per heavy atom. The molecule has 1 heterocycles. The van der Waals surface area contributed by atoms with Gasteiger partial charge in [-0.1, -0.05) is 35.3 Å². The van der Waals surface area contributed by atoms with Gasteiger partial charge in [-0.2, -0.15) is 0 Å². The zero-order chi connectivity index (χ0) is 17.8. The minimum atomic E-state index is -0.275. The molecule has 0 radical (unpaired) electrons. The van der Waals surface area contributed by atoms with Crippen LogP contribution in [-0.2, 0) is 4.79 Å². The van der Waals surface area contributed by atoms with Crippen LogP contribution < -0.4 is 10.1 Å². The molecule has 0 bridgehead atoms. The fourth-order valence-corrected chi connectivity index (χ4v) is 3.24. The third-order valence-corrected chi connectivity index (χ3v) is 4.64. The molecule has 1 N–H and O–H groups in total. The number of nitrogens with one attached hydrogen (secondary N) is 1. The largest absolute Gasteiger partial charge is 0.482 e. The maximum Gasteiger partial charge on any atom is 0.262 e. The van der Waals surface area contributed by atoms with E-state index < -0.39 is 0 Å². The summed E-state index contributed by atoms with van der Waals surface area (Å²) in [5.41, 5.74) is 2.62. The highest BCUT2D eigenvalue weighted by molar-refractivity contribution is 7.09. The van der Waals surface area contributed by atoms with Crippen molar-refractivity contribution in [3.63, 3.8) is 0 Å². The number of nitrogens with zero attached hydrogens (tertiary/aromatic N) is 1. The highest BCUT2D eigenvalue weighted by atomic mass is 35.5. The Hall–Kier alpha value is -2.08. The maximum atomic E-state index is 12.0. The van der Waals surface area contributed by atoms with Crippen LogP contribution in [0.1, 0.15) is 5.01 Å². The minimum absolute atomic E-state index is 0.144. The Morgan fingerprint density at radius 1 is 1.20 bits per heavy atom. The first-order valence-electron chi connectivity index (χ1n) is 7.41. The number of benzene rings is 2.